The van der Waals surface area contributed by atoms with Crippen molar-refractivity contribution in [3.63, 3.8) is 0 Å². The second kappa shape index (κ2) is 6.12. The molecular weight excluding hydrogens is 292 g/mol. The molecule has 1 aliphatic heterocycles. The van der Waals surface area contributed by atoms with Crippen molar-refractivity contribution in [3.8, 4) is 0 Å². The zero-order valence-corrected chi connectivity index (χ0v) is 13.0. The highest BCUT2D eigenvalue weighted by molar-refractivity contribution is 7.80. The Labute approximate surface area is 135 Å². The number of ketones is 1. The van der Waals surface area contributed by atoms with E-state index in [9.17, 15) is 4.79 Å². The first kappa shape index (κ1) is 14.5. The predicted octanol–water partition coefficient (Wildman–Crippen LogP) is 3.28. The molecule has 1 aliphatic rings. The maximum Gasteiger partial charge on any atom is 0.192 e. The third kappa shape index (κ3) is 2.92. The van der Waals surface area contributed by atoms with Gasteiger partial charge < -0.3 is 10.6 Å². The van der Waals surface area contributed by atoms with E-state index >= 15 is 0 Å². The highest BCUT2D eigenvalue weighted by Crippen LogP contribution is 2.26. The largest absolute Gasteiger partial charge is 0.351 e. The minimum Gasteiger partial charge on any atom is -0.351 e. The fraction of sp³-hybridized carbons (Fsp3) is 0.111. The first-order valence-corrected chi connectivity index (χ1v) is 7.49. The molecule has 0 radical (unpaired) electrons. The summed E-state index contributed by atoms with van der Waals surface area (Å²) in [6.45, 7) is 2.04. The molecule has 0 aliphatic carbocycles. The predicted molar refractivity (Wildman–Crippen MR) is 91.6 cm³/mol. The topological polar surface area (TPSA) is 41.1 Å². The average Bonchev–Trinajstić information content (AvgIpc) is 2.56. The lowest BCUT2D eigenvalue weighted by Crippen LogP contribution is -2.42. The lowest BCUT2D eigenvalue weighted by molar-refractivity contribution is 0.102. The van der Waals surface area contributed by atoms with Crippen molar-refractivity contribution >= 4 is 23.1 Å². The molecule has 0 fully saturated rings. The van der Waals surface area contributed by atoms with Gasteiger partial charge in [-0.3, -0.25) is 4.79 Å². The summed E-state index contributed by atoms with van der Waals surface area (Å²) < 4.78 is 0. The van der Waals surface area contributed by atoms with Crippen LogP contribution in [0.15, 0.2) is 66.4 Å². The molecule has 3 rings (SSSR count). The number of benzene rings is 2. The monoisotopic (exact) mass is 308 g/mol. The Balaban J connectivity index is 1.98. The van der Waals surface area contributed by atoms with E-state index in [-0.39, 0.29) is 11.8 Å². The van der Waals surface area contributed by atoms with Crippen molar-refractivity contribution in [2.75, 3.05) is 0 Å². The van der Waals surface area contributed by atoms with Gasteiger partial charge in [0.05, 0.1) is 6.04 Å². The summed E-state index contributed by atoms with van der Waals surface area (Å²) in [5.41, 5.74) is 3.52. The third-order valence-electron chi connectivity index (χ3n) is 3.65. The van der Waals surface area contributed by atoms with Crippen LogP contribution in [0.5, 0.6) is 0 Å². The average molecular weight is 308 g/mol. The van der Waals surface area contributed by atoms with Crippen LogP contribution in [-0.2, 0) is 0 Å². The summed E-state index contributed by atoms with van der Waals surface area (Å²) in [4.78, 5) is 12.8. The molecule has 0 saturated carbocycles. The van der Waals surface area contributed by atoms with Crippen molar-refractivity contribution in [2.45, 2.75) is 13.0 Å². The quantitative estimate of drug-likeness (QED) is 0.674. The molecule has 1 atom stereocenters. The number of carbonyl (C=O) groups is 1. The van der Waals surface area contributed by atoms with Gasteiger partial charge in [0.1, 0.15) is 0 Å². The van der Waals surface area contributed by atoms with Gasteiger partial charge in [-0.2, -0.15) is 0 Å². The minimum absolute atomic E-state index is 0.00586. The lowest BCUT2D eigenvalue weighted by atomic mass is 9.91. The molecule has 2 N–H and O–H groups in total. The fourth-order valence-corrected chi connectivity index (χ4v) is 2.63. The molecule has 0 bridgehead atoms. The van der Waals surface area contributed by atoms with Crippen LogP contribution in [0.25, 0.3) is 0 Å². The van der Waals surface area contributed by atoms with E-state index in [2.05, 4.69) is 10.6 Å². The number of thiocarbonyl (C=S) groups is 1. The number of aryl methyl sites for hydroxylation is 1. The van der Waals surface area contributed by atoms with E-state index in [0.717, 1.165) is 5.56 Å². The van der Waals surface area contributed by atoms with Crippen molar-refractivity contribution in [1.29, 1.82) is 0 Å². The lowest BCUT2D eigenvalue weighted by Gasteiger charge is -2.27. The molecule has 2 aromatic carbocycles. The van der Waals surface area contributed by atoms with E-state index in [1.165, 1.54) is 5.56 Å². The summed E-state index contributed by atoms with van der Waals surface area (Å²) in [5.74, 6) is -0.00586. The van der Waals surface area contributed by atoms with Gasteiger partial charge in [0.2, 0.25) is 0 Å². The van der Waals surface area contributed by atoms with E-state index in [1.54, 1.807) is 6.20 Å². The Bertz CT molecular complexity index is 735. The van der Waals surface area contributed by atoms with Crippen LogP contribution in [-0.4, -0.2) is 10.9 Å². The van der Waals surface area contributed by atoms with Gasteiger partial charge >= 0.3 is 0 Å². The summed E-state index contributed by atoms with van der Waals surface area (Å²) in [7, 11) is 0. The molecule has 110 valence electrons. The van der Waals surface area contributed by atoms with Gasteiger partial charge in [-0.05, 0) is 24.7 Å². The van der Waals surface area contributed by atoms with E-state index < -0.39 is 0 Å². The number of hydrogen-bond donors (Lipinski definition) is 2. The molecule has 3 nitrogen and oxygen atoms in total. The van der Waals surface area contributed by atoms with Crippen LogP contribution in [0.3, 0.4) is 0 Å². The van der Waals surface area contributed by atoms with Gasteiger partial charge in [0, 0.05) is 17.3 Å². The smallest absolute Gasteiger partial charge is 0.192 e. The van der Waals surface area contributed by atoms with Crippen LogP contribution in [0, 0.1) is 6.92 Å². The second-order valence-corrected chi connectivity index (χ2v) is 5.66. The Morgan fingerprint density at radius 2 is 1.73 bits per heavy atom. The summed E-state index contributed by atoms with van der Waals surface area (Å²) in [6.07, 6.45) is 1.71. The first-order valence-electron chi connectivity index (χ1n) is 7.08. The Hall–Kier alpha value is -2.46. The summed E-state index contributed by atoms with van der Waals surface area (Å²) in [6, 6.07) is 17.1. The Morgan fingerprint density at radius 3 is 2.41 bits per heavy atom. The fourth-order valence-electron chi connectivity index (χ4n) is 2.45. The first-order chi connectivity index (χ1) is 10.6. The van der Waals surface area contributed by atoms with Crippen LogP contribution < -0.4 is 10.6 Å². The van der Waals surface area contributed by atoms with Crippen LogP contribution in [0.4, 0.5) is 0 Å². The number of hydrogen-bond acceptors (Lipinski definition) is 2. The highest BCUT2D eigenvalue weighted by atomic mass is 32.1. The van der Waals surface area contributed by atoms with Crippen molar-refractivity contribution in [1.82, 2.24) is 10.6 Å². The molecule has 0 spiro atoms. The summed E-state index contributed by atoms with van der Waals surface area (Å²) in [5, 5.41) is 6.64. The SMILES string of the molecule is Cc1ccc(C2NC(=S)NC=C2C(=O)c2ccccc2)cc1. The van der Waals surface area contributed by atoms with Gasteiger partial charge in [-0.1, -0.05) is 60.2 Å². The molecule has 4 heteroatoms. The molecule has 1 unspecified atom stereocenters. The zero-order chi connectivity index (χ0) is 15.5. The van der Waals surface area contributed by atoms with Gasteiger partial charge in [-0.25, -0.2) is 0 Å². The number of rotatable bonds is 3. The van der Waals surface area contributed by atoms with Crippen LogP contribution in [0.1, 0.15) is 27.5 Å². The summed E-state index contributed by atoms with van der Waals surface area (Å²) >= 11 is 5.19. The maximum atomic E-state index is 12.8. The molecule has 22 heavy (non-hydrogen) atoms. The molecule has 0 aromatic heterocycles. The maximum absolute atomic E-state index is 12.8. The molecule has 2 aromatic rings. The normalized spacial score (nSPS) is 17.2. The Kier molecular flexibility index (Phi) is 4.02. The second-order valence-electron chi connectivity index (χ2n) is 5.26. The van der Waals surface area contributed by atoms with Gasteiger partial charge in [-0.15, -0.1) is 0 Å². The van der Waals surface area contributed by atoms with Crippen LogP contribution in [0.2, 0.25) is 0 Å². The molecule has 1 heterocycles. The van der Waals surface area contributed by atoms with Gasteiger partial charge in [0.15, 0.2) is 10.9 Å². The number of carbonyl (C=O) groups excluding carboxylic acids is 1. The molecular formula is C18H16N2OS. The van der Waals surface area contributed by atoms with Crippen molar-refractivity contribution in [2.24, 2.45) is 0 Å². The van der Waals surface area contributed by atoms with Gasteiger partial charge in [0.25, 0.3) is 0 Å². The Morgan fingerprint density at radius 1 is 1.05 bits per heavy atom. The van der Waals surface area contributed by atoms with Crippen molar-refractivity contribution in [3.05, 3.63) is 83.1 Å². The van der Waals surface area contributed by atoms with E-state index in [1.807, 2.05) is 61.5 Å². The van der Waals surface area contributed by atoms with Crippen molar-refractivity contribution < 1.29 is 4.79 Å². The highest BCUT2D eigenvalue weighted by Gasteiger charge is 2.27. The number of Topliss-reactive ketones (excluding diaryl/α,β-unsaturated/α-hetero) is 1. The zero-order valence-electron chi connectivity index (χ0n) is 12.2. The molecule has 0 amide bonds. The molecule has 0 saturated heterocycles. The van der Waals surface area contributed by atoms with E-state index in [4.69, 9.17) is 12.2 Å². The van der Waals surface area contributed by atoms with E-state index in [0.29, 0.717) is 16.2 Å². The number of nitrogens with one attached hydrogen (secondary N) is 2. The minimum atomic E-state index is -0.234. The van der Waals surface area contributed by atoms with Crippen LogP contribution >= 0.6 is 12.2 Å². The standard InChI is InChI=1S/C18H16N2OS/c1-12-7-9-13(10-8-12)16-15(11-19-18(22)20-16)17(21)14-5-3-2-4-6-14/h2-11,16H,1H3,(H2,19,20,22). The third-order valence-corrected chi connectivity index (χ3v) is 3.89.